The fourth-order valence-corrected chi connectivity index (χ4v) is 2.34. The van der Waals surface area contributed by atoms with E-state index in [9.17, 15) is 4.79 Å². The molecule has 19 heavy (non-hydrogen) atoms. The van der Waals surface area contributed by atoms with Crippen LogP contribution < -0.4 is 5.73 Å². The summed E-state index contributed by atoms with van der Waals surface area (Å²) in [5.41, 5.74) is 6.95. The van der Waals surface area contributed by atoms with E-state index in [1.54, 1.807) is 18.1 Å². The molecule has 0 saturated carbocycles. The van der Waals surface area contributed by atoms with E-state index in [1.807, 2.05) is 18.2 Å². The highest BCUT2D eigenvalue weighted by atomic mass is 16.5. The molecule has 0 spiro atoms. The van der Waals surface area contributed by atoms with Crippen LogP contribution in [0.25, 0.3) is 0 Å². The van der Waals surface area contributed by atoms with Crippen molar-refractivity contribution in [3.8, 4) is 0 Å². The number of amides is 1. The minimum absolute atomic E-state index is 0.0162. The van der Waals surface area contributed by atoms with Crippen LogP contribution in [0.4, 0.5) is 0 Å². The summed E-state index contributed by atoms with van der Waals surface area (Å²) in [6, 6.07) is 5.25. The standard InChI is InChI=1S/C14H21N3O2/c1-17(10-12-4-2-3-7-16-12)14(18)13(15)11-5-8-19-9-6-11/h2-4,7,11,13H,5-6,8-10,15H2,1H3. The predicted octanol–water partition coefficient (Wildman–Crippen LogP) is 0.794. The van der Waals surface area contributed by atoms with Gasteiger partial charge >= 0.3 is 0 Å². The summed E-state index contributed by atoms with van der Waals surface area (Å²) < 4.78 is 5.30. The number of nitrogens with zero attached hydrogens (tertiary/aromatic N) is 2. The summed E-state index contributed by atoms with van der Waals surface area (Å²) in [7, 11) is 1.77. The summed E-state index contributed by atoms with van der Waals surface area (Å²) in [6.07, 6.45) is 3.46. The van der Waals surface area contributed by atoms with Crippen LogP contribution in [0, 0.1) is 5.92 Å². The van der Waals surface area contributed by atoms with Gasteiger partial charge in [-0.2, -0.15) is 0 Å². The number of likely N-dealkylation sites (N-methyl/N-ethyl adjacent to an activating group) is 1. The molecule has 2 heterocycles. The molecule has 0 bridgehead atoms. The van der Waals surface area contributed by atoms with Crippen molar-refractivity contribution in [1.82, 2.24) is 9.88 Å². The Balaban J connectivity index is 1.90. The monoisotopic (exact) mass is 263 g/mol. The van der Waals surface area contributed by atoms with Gasteiger partial charge in [0, 0.05) is 26.5 Å². The van der Waals surface area contributed by atoms with Gasteiger partial charge in [-0.1, -0.05) is 6.07 Å². The lowest BCUT2D eigenvalue weighted by Crippen LogP contribution is -2.47. The Morgan fingerprint density at radius 1 is 1.53 bits per heavy atom. The summed E-state index contributed by atoms with van der Waals surface area (Å²) >= 11 is 0. The molecule has 1 atom stereocenters. The normalized spacial score (nSPS) is 18.0. The van der Waals surface area contributed by atoms with Crippen LogP contribution in [0.15, 0.2) is 24.4 Å². The fraction of sp³-hybridized carbons (Fsp3) is 0.571. The van der Waals surface area contributed by atoms with Crippen molar-refractivity contribution in [2.75, 3.05) is 20.3 Å². The lowest BCUT2D eigenvalue weighted by atomic mass is 9.91. The number of aromatic nitrogens is 1. The third-order valence-electron chi connectivity index (χ3n) is 3.56. The first kappa shape index (κ1) is 14.0. The molecule has 1 aromatic rings. The number of rotatable bonds is 4. The number of carbonyl (C=O) groups excluding carboxylic acids is 1. The molecule has 104 valence electrons. The van der Waals surface area contributed by atoms with Crippen LogP contribution in [-0.2, 0) is 16.1 Å². The van der Waals surface area contributed by atoms with Gasteiger partial charge in [-0.25, -0.2) is 0 Å². The van der Waals surface area contributed by atoms with Gasteiger partial charge in [0.2, 0.25) is 5.91 Å². The first-order chi connectivity index (χ1) is 9.18. The van der Waals surface area contributed by atoms with Crippen molar-refractivity contribution in [3.05, 3.63) is 30.1 Å². The number of ether oxygens (including phenoxy) is 1. The highest BCUT2D eigenvalue weighted by Gasteiger charge is 2.28. The van der Waals surface area contributed by atoms with Gasteiger partial charge in [0.05, 0.1) is 18.3 Å². The Bertz CT molecular complexity index is 404. The first-order valence-electron chi connectivity index (χ1n) is 6.66. The molecule has 0 radical (unpaired) electrons. The molecule has 2 rings (SSSR count). The first-order valence-corrected chi connectivity index (χ1v) is 6.66. The minimum Gasteiger partial charge on any atom is -0.381 e. The highest BCUT2D eigenvalue weighted by Crippen LogP contribution is 2.19. The molecule has 2 N–H and O–H groups in total. The summed E-state index contributed by atoms with van der Waals surface area (Å²) in [4.78, 5) is 18.2. The van der Waals surface area contributed by atoms with Gasteiger partial charge in [-0.05, 0) is 30.9 Å². The van der Waals surface area contributed by atoms with Gasteiger partial charge in [-0.3, -0.25) is 9.78 Å². The van der Waals surface area contributed by atoms with Gasteiger partial charge in [0.15, 0.2) is 0 Å². The van der Waals surface area contributed by atoms with E-state index in [4.69, 9.17) is 10.5 Å². The van der Waals surface area contributed by atoms with E-state index >= 15 is 0 Å². The van der Waals surface area contributed by atoms with Crippen molar-refractivity contribution in [2.24, 2.45) is 11.7 Å². The zero-order valence-electron chi connectivity index (χ0n) is 11.3. The lowest BCUT2D eigenvalue weighted by molar-refractivity contribution is -0.134. The molecule has 1 aliphatic rings. The highest BCUT2D eigenvalue weighted by molar-refractivity contribution is 5.81. The molecule has 1 aliphatic heterocycles. The summed E-state index contributed by atoms with van der Waals surface area (Å²) in [6.45, 7) is 1.90. The van der Waals surface area contributed by atoms with E-state index in [-0.39, 0.29) is 11.8 Å². The van der Waals surface area contributed by atoms with Gasteiger partial charge in [0.25, 0.3) is 0 Å². The van der Waals surface area contributed by atoms with Gasteiger partial charge < -0.3 is 15.4 Å². The van der Waals surface area contributed by atoms with Crippen molar-refractivity contribution in [1.29, 1.82) is 0 Å². The number of carbonyl (C=O) groups is 1. The Morgan fingerprint density at radius 3 is 2.89 bits per heavy atom. The van der Waals surface area contributed by atoms with Crippen LogP contribution in [-0.4, -0.2) is 42.1 Å². The maximum absolute atomic E-state index is 12.3. The number of hydrogen-bond acceptors (Lipinski definition) is 4. The van der Waals surface area contributed by atoms with Crippen molar-refractivity contribution >= 4 is 5.91 Å². The second-order valence-corrected chi connectivity index (χ2v) is 4.99. The third-order valence-corrected chi connectivity index (χ3v) is 3.56. The molecular formula is C14H21N3O2. The zero-order valence-corrected chi connectivity index (χ0v) is 11.3. The van der Waals surface area contributed by atoms with E-state index in [0.717, 1.165) is 18.5 Å². The zero-order chi connectivity index (χ0) is 13.7. The second kappa shape index (κ2) is 6.63. The fourth-order valence-electron chi connectivity index (χ4n) is 2.34. The number of pyridine rings is 1. The van der Waals surface area contributed by atoms with Gasteiger partial charge in [0.1, 0.15) is 0 Å². The Morgan fingerprint density at radius 2 is 2.26 bits per heavy atom. The Hall–Kier alpha value is -1.46. The average molecular weight is 263 g/mol. The average Bonchev–Trinajstić information content (AvgIpc) is 2.47. The molecule has 1 amide bonds. The number of nitrogens with two attached hydrogens (primary N) is 1. The van der Waals surface area contributed by atoms with Gasteiger partial charge in [-0.15, -0.1) is 0 Å². The maximum atomic E-state index is 12.3. The van der Waals surface area contributed by atoms with E-state index in [1.165, 1.54) is 0 Å². The largest absolute Gasteiger partial charge is 0.381 e. The van der Waals surface area contributed by atoms with Crippen molar-refractivity contribution in [2.45, 2.75) is 25.4 Å². The Kier molecular flexibility index (Phi) is 4.87. The van der Waals surface area contributed by atoms with Crippen molar-refractivity contribution < 1.29 is 9.53 Å². The lowest BCUT2D eigenvalue weighted by Gasteiger charge is -2.29. The SMILES string of the molecule is CN(Cc1ccccn1)C(=O)C(N)C1CCOCC1. The molecule has 0 aromatic carbocycles. The van der Waals surface area contributed by atoms with Crippen LogP contribution >= 0.6 is 0 Å². The molecular weight excluding hydrogens is 242 g/mol. The smallest absolute Gasteiger partial charge is 0.239 e. The Labute approximate surface area is 113 Å². The van der Waals surface area contributed by atoms with Crippen molar-refractivity contribution in [3.63, 3.8) is 0 Å². The van der Waals surface area contributed by atoms with Crippen LogP contribution in [0.2, 0.25) is 0 Å². The topological polar surface area (TPSA) is 68.5 Å². The molecule has 1 unspecified atom stereocenters. The molecule has 1 fully saturated rings. The third kappa shape index (κ3) is 3.75. The molecule has 1 saturated heterocycles. The predicted molar refractivity (Wildman–Crippen MR) is 72.2 cm³/mol. The molecule has 5 heteroatoms. The summed E-state index contributed by atoms with van der Waals surface area (Å²) in [5.74, 6) is 0.213. The van der Waals surface area contributed by atoms with E-state index in [0.29, 0.717) is 19.8 Å². The maximum Gasteiger partial charge on any atom is 0.239 e. The van der Waals surface area contributed by atoms with Crippen LogP contribution in [0.5, 0.6) is 0 Å². The van der Waals surface area contributed by atoms with Crippen LogP contribution in [0.3, 0.4) is 0 Å². The van der Waals surface area contributed by atoms with Crippen LogP contribution in [0.1, 0.15) is 18.5 Å². The van der Waals surface area contributed by atoms with E-state index in [2.05, 4.69) is 4.98 Å². The van der Waals surface area contributed by atoms with E-state index < -0.39 is 6.04 Å². The second-order valence-electron chi connectivity index (χ2n) is 4.99. The molecule has 5 nitrogen and oxygen atoms in total. The minimum atomic E-state index is -0.433. The molecule has 1 aromatic heterocycles. The number of hydrogen-bond donors (Lipinski definition) is 1. The summed E-state index contributed by atoms with van der Waals surface area (Å²) in [5, 5.41) is 0. The molecule has 0 aliphatic carbocycles. The quantitative estimate of drug-likeness (QED) is 0.872.